The Kier molecular flexibility index (Phi) is 2.70. The van der Waals surface area contributed by atoms with Gasteiger partial charge in [0.25, 0.3) is 0 Å². The van der Waals surface area contributed by atoms with Crippen LogP contribution in [0.15, 0.2) is 59.5 Å². The van der Waals surface area contributed by atoms with E-state index in [0.29, 0.717) is 5.92 Å². The first-order chi connectivity index (χ1) is 11.8. The van der Waals surface area contributed by atoms with Crippen LogP contribution in [0.25, 0.3) is 11.8 Å². The number of nitrogens with one attached hydrogen (secondary N) is 2. The number of hydrazine groups is 1. The quantitative estimate of drug-likeness (QED) is 0.708. The fourth-order valence-electron chi connectivity index (χ4n) is 3.72. The maximum absolute atomic E-state index is 5.99. The molecular formula is C19H17N5. The Bertz CT molecular complexity index is 944. The third-order valence-electron chi connectivity index (χ3n) is 4.81. The highest BCUT2D eigenvalue weighted by molar-refractivity contribution is 5.82. The van der Waals surface area contributed by atoms with Gasteiger partial charge in [-0.1, -0.05) is 24.3 Å². The number of aromatic nitrogens is 1. The Labute approximate surface area is 139 Å². The minimum absolute atomic E-state index is 0.290. The average molecular weight is 315 g/mol. The van der Waals surface area contributed by atoms with Crippen molar-refractivity contribution in [1.29, 1.82) is 0 Å². The van der Waals surface area contributed by atoms with Gasteiger partial charge in [0, 0.05) is 34.6 Å². The van der Waals surface area contributed by atoms with E-state index in [1.165, 1.54) is 28.1 Å². The van der Waals surface area contributed by atoms with Crippen LogP contribution in [0.2, 0.25) is 0 Å². The molecule has 3 aliphatic rings. The van der Waals surface area contributed by atoms with Crippen LogP contribution in [-0.2, 0) is 0 Å². The summed E-state index contributed by atoms with van der Waals surface area (Å²) in [6.45, 7) is 0. The van der Waals surface area contributed by atoms with Gasteiger partial charge in [-0.15, -0.1) is 0 Å². The van der Waals surface area contributed by atoms with Gasteiger partial charge >= 0.3 is 0 Å². The van der Waals surface area contributed by atoms with E-state index >= 15 is 0 Å². The number of aromatic amines is 1. The fourth-order valence-corrected chi connectivity index (χ4v) is 3.72. The van der Waals surface area contributed by atoms with Crippen molar-refractivity contribution < 1.29 is 0 Å². The molecule has 24 heavy (non-hydrogen) atoms. The average Bonchev–Trinajstić information content (AvgIpc) is 2.96. The summed E-state index contributed by atoms with van der Waals surface area (Å²) in [5.74, 6) is 0.290. The van der Waals surface area contributed by atoms with Gasteiger partial charge in [-0.2, -0.15) is 0 Å². The molecule has 0 spiro atoms. The molecule has 0 saturated carbocycles. The van der Waals surface area contributed by atoms with Crippen LogP contribution in [0.4, 0.5) is 5.69 Å². The highest BCUT2D eigenvalue weighted by Gasteiger charge is 2.31. The van der Waals surface area contributed by atoms with Crippen molar-refractivity contribution >= 4 is 23.8 Å². The van der Waals surface area contributed by atoms with E-state index in [1.807, 2.05) is 18.3 Å². The van der Waals surface area contributed by atoms with E-state index in [1.54, 1.807) is 6.34 Å². The van der Waals surface area contributed by atoms with Crippen molar-refractivity contribution in [2.75, 3.05) is 5.73 Å². The van der Waals surface area contributed by atoms with Crippen LogP contribution in [0, 0.1) is 0 Å². The predicted molar refractivity (Wildman–Crippen MR) is 96.7 cm³/mol. The molecule has 5 heteroatoms. The molecule has 0 amide bonds. The van der Waals surface area contributed by atoms with E-state index < -0.39 is 0 Å². The molecule has 2 aliphatic heterocycles. The number of nitrogen functional groups attached to an aromatic ring is 1. The van der Waals surface area contributed by atoms with E-state index in [2.05, 4.69) is 57.0 Å². The normalized spacial score (nSPS) is 20.5. The van der Waals surface area contributed by atoms with Crippen LogP contribution in [0.5, 0.6) is 0 Å². The number of aliphatic imine (C=N–C) groups is 1. The summed E-state index contributed by atoms with van der Waals surface area (Å²) < 4.78 is 0. The zero-order valence-corrected chi connectivity index (χ0v) is 13.0. The van der Waals surface area contributed by atoms with E-state index in [9.17, 15) is 0 Å². The lowest BCUT2D eigenvalue weighted by Gasteiger charge is -2.32. The smallest absolute Gasteiger partial charge is 0.107 e. The summed E-state index contributed by atoms with van der Waals surface area (Å²) >= 11 is 0. The monoisotopic (exact) mass is 315 g/mol. The Morgan fingerprint density at radius 1 is 1.25 bits per heavy atom. The van der Waals surface area contributed by atoms with Crippen molar-refractivity contribution in [3.8, 4) is 0 Å². The Morgan fingerprint density at radius 2 is 2.21 bits per heavy atom. The number of benzene rings is 1. The number of nitrogens with zero attached hydrogens (tertiary/aromatic N) is 2. The largest absolute Gasteiger partial charge is 0.399 e. The molecule has 118 valence electrons. The lowest BCUT2D eigenvalue weighted by Crippen LogP contribution is -2.36. The number of hydrogen-bond donors (Lipinski definition) is 3. The summed E-state index contributed by atoms with van der Waals surface area (Å²) in [5, 5.41) is 2.09. The minimum Gasteiger partial charge on any atom is -0.399 e. The maximum atomic E-state index is 5.99. The number of allylic oxidation sites excluding steroid dienone is 2. The fraction of sp³-hybridized carbons (Fsp3) is 0.105. The molecule has 2 aromatic rings. The highest BCUT2D eigenvalue weighted by Crippen LogP contribution is 2.43. The molecule has 4 N–H and O–H groups in total. The lowest BCUT2D eigenvalue weighted by atomic mass is 9.84. The van der Waals surface area contributed by atoms with E-state index in [4.69, 9.17) is 5.73 Å². The molecule has 5 nitrogen and oxygen atoms in total. The SMILES string of the molecule is Nc1cccc(C2CC=C3c4c(c[nH]c42)C=CC2=CN=CNN23)c1. The van der Waals surface area contributed by atoms with Crippen LogP contribution in [0.3, 0.4) is 0 Å². The number of hydrogen-bond acceptors (Lipinski definition) is 4. The van der Waals surface area contributed by atoms with Gasteiger partial charge in [-0.3, -0.25) is 10.4 Å². The molecule has 1 aromatic carbocycles. The summed E-state index contributed by atoms with van der Waals surface area (Å²) in [4.78, 5) is 7.69. The van der Waals surface area contributed by atoms with Crippen LogP contribution < -0.4 is 11.2 Å². The van der Waals surface area contributed by atoms with Crippen LogP contribution >= 0.6 is 0 Å². The van der Waals surface area contributed by atoms with Crippen molar-refractivity contribution in [2.24, 2.45) is 4.99 Å². The predicted octanol–water partition coefficient (Wildman–Crippen LogP) is 3.19. The molecular weight excluding hydrogens is 298 g/mol. The van der Waals surface area contributed by atoms with Gasteiger partial charge in [-0.25, -0.2) is 4.99 Å². The Morgan fingerprint density at radius 3 is 3.12 bits per heavy atom. The summed E-state index contributed by atoms with van der Waals surface area (Å²) in [6.07, 6.45) is 13.1. The molecule has 1 aromatic heterocycles. The number of H-pyrrole nitrogens is 1. The Balaban J connectivity index is 1.66. The first-order valence-corrected chi connectivity index (χ1v) is 8.05. The van der Waals surface area contributed by atoms with Crippen LogP contribution in [-0.4, -0.2) is 16.3 Å². The number of rotatable bonds is 1. The highest BCUT2D eigenvalue weighted by atomic mass is 15.5. The standard InChI is InChI=1S/C19H17N5/c20-14-3-1-2-12(8-14)16-6-7-17-18-13(9-22-19(16)18)4-5-15-10-21-11-23-24(15)17/h1-5,7-11,16,22H,6,20H2,(H,21,23). The van der Waals surface area contributed by atoms with Crippen LogP contribution in [0.1, 0.15) is 34.7 Å². The molecule has 5 rings (SSSR count). The maximum Gasteiger partial charge on any atom is 0.107 e. The number of nitrogens with two attached hydrogens (primary N) is 1. The van der Waals surface area contributed by atoms with Gasteiger partial charge in [0.15, 0.2) is 0 Å². The summed E-state index contributed by atoms with van der Waals surface area (Å²) in [6, 6.07) is 8.17. The van der Waals surface area contributed by atoms with Crippen molar-refractivity contribution in [2.45, 2.75) is 12.3 Å². The van der Waals surface area contributed by atoms with Gasteiger partial charge in [-0.05, 0) is 30.2 Å². The minimum atomic E-state index is 0.290. The van der Waals surface area contributed by atoms with E-state index in [0.717, 1.165) is 17.8 Å². The molecule has 0 fully saturated rings. The molecule has 0 bridgehead atoms. The van der Waals surface area contributed by atoms with E-state index in [-0.39, 0.29) is 0 Å². The number of fused-ring (bicyclic) bond motifs is 2. The molecule has 0 radical (unpaired) electrons. The van der Waals surface area contributed by atoms with Gasteiger partial charge in [0.05, 0.1) is 17.6 Å². The lowest BCUT2D eigenvalue weighted by molar-refractivity contribution is 0.449. The molecule has 1 unspecified atom stereocenters. The zero-order valence-electron chi connectivity index (χ0n) is 13.0. The first kappa shape index (κ1) is 13.2. The van der Waals surface area contributed by atoms with Crippen molar-refractivity contribution in [1.82, 2.24) is 15.4 Å². The van der Waals surface area contributed by atoms with Crippen molar-refractivity contribution in [3.63, 3.8) is 0 Å². The molecule has 3 heterocycles. The first-order valence-electron chi connectivity index (χ1n) is 8.05. The Hall–Kier alpha value is -3.21. The van der Waals surface area contributed by atoms with Crippen molar-refractivity contribution in [3.05, 3.63) is 76.9 Å². The third kappa shape index (κ3) is 1.84. The molecule has 0 saturated heterocycles. The second kappa shape index (κ2) is 4.89. The number of anilines is 1. The molecule has 1 atom stereocenters. The summed E-state index contributed by atoms with van der Waals surface area (Å²) in [5.41, 5.74) is 17.2. The van der Waals surface area contributed by atoms with Gasteiger partial charge in [0.1, 0.15) is 6.34 Å². The van der Waals surface area contributed by atoms with Gasteiger partial charge < -0.3 is 10.7 Å². The summed E-state index contributed by atoms with van der Waals surface area (Å²) in [7, 11) is 0. The second-order valence-corrected chi connectivity index (χ2v) is 6.21. The zero-order chi connectivity index (χ0) is 16.1. The molecule has 1 aliphatic carbocycles. The second-order valence-electron chi connectivity index (χ2n) is 6.21. The van der Waals surface area contributed by atoms with Gasteiger partial charge in [0.2, 0.25) is 0 Å². The topological polar surface area (TPSA) is 69.4 Å². The third-order valence-corrected chi connectivity index (χ3v) is 4.81.